The highest BCUT2D eigenvalue weighted by molar-refractivity contribution is 5.59. The van der Waals surface area contributed by atoms with Gasteiger partial charge in [-0.1, -0.05) is 0 Å². The van der Waals surface area contributed by atoms with E-state index >= 15 is 0 Å². The number of ether oxygens (including phenoxy) is 1. The van der Waals surface area contributed by atoms with Crippen molar-refractivity contribution in [2.45, 2.75) is 25.3 Å². The van der Waals surface area contributed by atoms with Gasteiger partial charge < -0.3 is 10.1 Å². The van der Waals surface area contributed by atoms with Crippen LogP contribution in [0.3, 0.4) is 0 Å². The smallest absolute Gasteiger partial charge is 0.311 e. The van der Waals surface area contributed by atoms with Crippen molar-refractivity contribution in [2.75, 3.05) is 12.4 Å². The SMILES string of the molecule is COc1ccc([N+](=O)[O-])c(NC2(C)CC2)n1. The topological polar surface area (TPSA) is 77.3 Å². The Labute approximate surface area is 92.8 Å². The van der Waals surface area contributed by atoms with Crippen LogP contribution in [0.2, 0.25) is 0 Å². The summed E-state index contributed by atoms with van der Waals surface area (Å²) in [4.78, 5) is 14.4. The third kappa shape index (κ3) is 2.05. The summed E-state index contributed by atoms with van der Waals surface area (Å²) in [7, 11) is 1.48. The van der Waals surface area contributed by atoms with Gasteiger partial charge in [-0.05, 0) is 19.8 Å². The summed E-state index contributed by atoms with van der Waals surface area (Å²) in [5, 5.41) is 13.9. The van der Waals surface area contributed by atoms with Gasteiger partial charge in [0, 0.05) is 17.7 Å². The van der Waals surface area contributed by atoms with Crippen molar-refractivity contribution in [3.8, 4) is 5.88 Å². The molecule has 16 heavy (non-hydrogen) atoms. The Hall–Kier alpha value is -1.85. The van der Waals surface area contributed by atoms with Crippen molar-refractivity contribution in [1.29, 1.82) is 0 Å². The van der Waals surface area contributed by atoms with Crippen LogP contribution in [-0.4, -0.2) is 22.6 Å². The predicted molar refractivity (Wildman–Crippen MR) is 58.7 cm³/mol. The van der Waals surface area contributed by atoms with Crippen LogP contribution >= 0.6 is 0 Å². The molecule has 1 aromatic rings. The van der Waals surface area contributed by atoms with Crippen molar-refractivity contribution in [3.63, 3.8) is 0 Å². The van der Waals surface area contributed by atoms with Gasteiger partial charge in [0.05, 0.1) is 12.0 Å². The maximum atomic E-state index is 10.8. The van der Waals surface area contributed by atoms with Gasteiger partial charge in [-0.2, -0.15) is 4.98 Å². The van der Waals surface area contributed by atoms with Crippen molar-refractivity contribution in [3.05, 3.63) is 22.2 Å². The number of rotatable bonds is 4. The second kappa shape index (κ2) is 3.62. The average Bonchev–Trinajstić information content (AvgIpc) is 2.95. The molecule has 0 aliphatic heterocycles. The molecule has 0 radical (unpaired) electrons. The molecule has 0 atom stereocenters. The van der Waals surface area contributed by atoms with E-state index in [2.05, 4.69) is 10.3 Å². The van der Waals surface area contributed by atoms with E-state index in [1.165, 1.54) is 19.2 Å². The normalized spacial score (nSPS) is 16.6. The van der Waals surface area contributed by atoms with Gasteiger partial charge in [0.25, 0.3) is 0 Å². The van der Waals surface area contributed by atoms with Crippen molar-refractivity contribution < 1.29 is 9.66 Å². The maximum absolute atomic E-state index is 10.8. The lowest BCUT2D eigenvalue weighted by Gasteiger charge is -2.12. The zero-order valence-corrected chi connectivity index (χ0v) is 9.19. The molecule has 0 amide bonds. The zero-order valence-electron chi connectivity index (χ0n) is 9.19. The van der Waals surface area contributed by atoms with Gasteiger partial charge in [-0.3, -0.25) is 10.1 Å². The molecule has 1 heterocycles. The molecule has 1 aromatic heterocycles. The molecule has 0 spiro atoms. The summed E-state index contributed by atoms with van der Waals surface area (Å²) in [6, 6.07) is 2.89. The number of nitro groups is 1. The van der Waals surface area contributed by atoms with Crippen LogP contribution in [-0.2, 0) is 0 Å². The lowest BCUT2D eigenvalue weighted by atomic mass is 10.3. The minimum absolute atomic E-state index is 0.0195. The van der Waals surface area contributed by atoms with E-state index < -0.39 is 4.92 Å². The molecule has 1 fully saturated rings. The Morgan fingerprint density at radius 1 is 1.56 bits per heavy atom. The van der Waals surface area contributed by atoms with Crippen LogP contribution in [0.25, 0.3) is 0 Å². The Bertz CT molecular complexity index is 429. The lowest BCUT2D eigenvalue weighted by molar-refractivity contribution is -0.384. The second-order valence-electron chi connectivity index (χ2n) is 4.16. The molecule has 1 aliphatic carbocycles. The summed E-state index contributed by atoms with van der Waals surface area (Å²) in [5.41, 5.74) is -0.0710. The zero-order chi connectivity index (χ0) is 11.8. The van der Waals surface area contributed by atoms with E-state index in [1.807, 2.05) is 6.92 Å². The molecule has 0 bridgehead atoms. The van der Waals surface area contributed by atoms with Crippen LogP contribution in [0, 0.1) is 10.1 Å². The van der Waals surface area contributed by atoms with Gasteiger partial charge in [0.15, 0.2) is 0 Å². The quantitative estimate of drug-likeness (QED) is 0.623. The lowest BCUT2D eigenvalue weighted by Crippen LogP contribution is -2.18. The molecule has 6 heteroatoms. The Morgan fingerprint density at radius 2 is 2.25 bits per heavy atom. The van der Waals surface area contributed by atoms with Crippen LogP contribution in [0.4, 0.5) is 11.5 Å². The summed E-state index contributed by atoms with van der Waals surface area (Å²) in [6.07, 6.45) is 2.01. The van der Waals surface area contributed by atoms with E-state index in [-0.39, 0.29) is 17.0 Å². The van der Waals surface area contributed by atoms with Crippen molar-refractivity contribution >= 4 is 11.5 Å². The van der Waals surface area contributed by atoms with Gasteiger partial charge >= 0.3 is 5.69 Å². The van der Waals surface area contributed by atoms with Crippen LogP contribution in [0.5, 0.6) is 5.88 Å². The van der Waals surface area contributed by atoms with Gasteiger partial charge in [-0.25, -0.2) is 0 Å². The van der Waals surface area contributed by atoms with E-state index in [9.17, 15) is 10.1 Å². The fraction of sp³-hybridized carbons (Fsp3) is 0.500. The van der Waals surface area contributed by atoms with E-state index in [1.54, 1.807) is 0 Å². The first-order chi connectivity index (χ1) is 7.54. The fourth-order valence-corrected chi connectivity index (χ4v) is 1.39. The summed E-state index contributed by atoms with van der Waals surface area (Å²) in [5.74, 6) is 0.654. The molecule has 0 aromatic carbocycles. The monoisotopic (exact) mass is 223 g/mol. The minimum atomic E-state index is -0.444. The van der Waals surface area contributed by atoms with Gasteiger partial charge in [0.1, 0.15) is 0 Å². The average molecular weight is 223 g/mol. The molecule has 6 nitrogen and oxygen atoms in total. The first-order valence-electron chi connectivity index (χ1n) is 5.02. The number of anilines is 1. The number of aromatic nitrogens is 1. The standard InChI is InChI=1S/C10H13N3O3/c1-10(5-6-10)12-9-7(13(14)15)3-4-8(11-9)16-2/h3-4H,5-6H2,1-2H3,(H,11,12). The molecule has 0 saturated heterocycles. The summed E-state index contributed by atoms with van der Waals surface area (Å²) >= 11 is 0. The van der Waals surface area contributed by atoms with E-state index in [0.29, 0.717) is 5.88 Å². The van der Waals surface area contributed by atoms with Crippen LogP contribution in [0.15, 0.2) is 12.1 Å². The molecule has 0 unspecified atom stereocenters. The second-order valence-corrected chi connectivity index (χ2v) is 4.16. The molecule has 86 valence electrons. The molecule has 1 N–H and O–H groups in total. The number of hydrogen-bond donors (Lipinski definition) is 1. The fourth-order valence-electron chi connectivity index (χ4n) is 1.39. The predicted octanol–water partition coefficient (Wildman–Crippen LogP) is 1.96. The molecule has 1 saturated carbocycles. The third-order valence-corrected chi connectivity index (χ3v) is 2.67. The third-order valence-electron chi connectivity index (χ3n) is 2.67. The molecular weight excluding hydrogens is 210 g/mol. The Morgan fingerprint density at radius 3 is 2.75 bits per heavy atom. The summed E-state index contributed by atoms with van der Waals surface area (Å²) < 4.78 is 4.95. The van der Waals surface area contributed by atoms with Crippen molar-refractivity contribution in [2.24, 2.45) is 0 Å². The first kappa shape index (κ1) is 10.7. The highest BCUT2D eigenvalue weighted by atomic mass is 16.6. The molecular formula is C10H13N3O3. The summed E-state index contributed by atoms with van der Waals surface area (Å²) in [6.45, 7) is 2.01. The number of methoxy groups -OCH3 is 1. The maximum Gasteiger partial charge on any atom is 0.311 e. The number of hydrogen-bond acceptors (Lipinski definition) is 5. The number of nitrogens with zero attached hydrogens (tertiary/aromatic N) is 2. The largest absolute Gasteiger partial charge is 0.481 e. The van der Waals surface area contributed by atoms with Gasteiger partial charge in [-0.15, -0.1) is 0 Å². The van der Waals surface area contributed by atoms with Crippen molar-refractivity contribution in [1.82, 2.24) is 4.98 Å². The van der Waals surface area contributed by atoms with Crippen LogP contribution in [0.1, 0.15) is 19.8 Å². The Balaban J connectivity index is 2.33. The van der Waals surface area contributed by atoms with E-state index in [0.717, 1.165) is 12.8 Å². The van der Waals surface area contributed by atoms with E-state index in [4.69, 9.17) is 4.74 Å². The highest BCUT2D eigenvalue weighted by Gasteiger charge is 2.39. The highest BCUT2D eigenvalue weighted by Crippen LogP contribution is 2.40. The van der Waals surface area contributed by atoms with Gasteiger partial charge in [0.2, 0.25) is 11.7 Å². The molecule has 1 aliphatic rings. The first-order valence-corrected chi connectivity index (χ1v) is 5.02. The number of nitrogens with one attached hydrogen (secondary N) is 1. The minimum Gasteiger partial charge on any atom is -0.481 e. The molecule has 2 rings (SSSR count). The Kier molecular flexibility index (Phi) is 2.41. The van der Waals surface area contributed by atoms with Crippen LogP contribution < -0.4 is 10.1 Å². The number of pyridine rings is 1.